The molecule has 0 radical (unpaired) electrons. The van der Waals surface area contributed by atoms with E-state index in [1.54, 1.807) is 31.4 Å². The number of hydrogen-bond donors (Lipinski definition) is 2. The molecule has 0 saturated heterocycles. The van der Waals surface area contributed by atoms with Crippen molar-refractivity contribution in [3.63, 3.8) is 0 Å². The first-order valence-corrected chi connectivity index (χ1v) is 8.25. The molecule has 2 N–H and O–H groups in total. The molecule has 0 aliphatic rings. The van der Waals surface area contributed by atoms with Crippen LogP contribution < -0.4 is 15.4 Å². The lowest BCUT2D eigenvalue weighted by Crippen LogP contribution is -2.15. The van der Waals surface area contributed by atoms with Crippen LogP contribution >= 0.6 is 11.6 Å². The minimum absolute atomic E-state index is 0.242. The summed E-state index contributed by atoms with van der Waals surface area (Å²) in [5, 5.41) is 6.41. The summed E-state index contributed by atoms with van der Waals surface area (Å²) in [7, 11) is 1.56. The van der Waals surface area contributed by atoms with E-state index in [2.05, 4.69) is 20.6 Å². The molecule has 0 aliphatic heterocycles. The average molecular weight is 369 g/mol. The van der Waals surface area contributed by atoms with E-state index in [9.17, 15) is 4.79 Å². The predicted molar refractivity (Wildman–Crippen MR) is 102 cm³/mol. The zero-order valence-electron chi connectivity index (χ0n) is 14.3. The van der Waals surface area contributed by atoms with Gasteiger partial charge in [-0.2, -0.15) is 0 Å². The van der Waals surface area contributed by atoms with Crippen molar-refractivity contribution in [2.45, 2.75) is 6.92 Å². The van der Waals surface area contributed by atoms with E-state index in [-0.39, 0.29) is 17.5 Å². The second-order valence-corrected chi connectivity index (χ2v) is 5.94. The molecule has 6 nitrogen and oxygen atoms in total. The average Bonchev–Trinajstić information content (AvgIpc) is 2.64. The van der Waals surface area contributed by atoms with Crippen molar-refractivity contribution in [2.24, 2.45) is 0 Å². The van der Waals surface area contributed by atoms with Gasteiger partial charge >= 0.3 is 0 Å². The standard InChI is InChI=1S/C19H17ClN4O2/c1-12-5-3-4-6-14(12)22-18(25)15-9-10-21-19(23-15)24-16-11-13(20)7-8-17(16)26-2/h3-11H,1-2H3,(H,22,25)(H,21,23,24). The van der Waals surface area contributed by atoms with Crippen molar-refractivity contribution in [1.29, 1.82) is 0 Å². The Balaban J connectivity index is 1.81. The summed E-state index contributed by atoms with van der Waals surface area (Å²) in [5.74, 6) is 0.540. The molecule has 1 aromatic heterocycles. The van der Waals surface area contributed by atoms with Crippen molar-refractivity contribution < 1.29 is 9.53 Å². The van der Waals surface area contributed by atoms with Crippen LogP contribution in [0.4, 0.5) is 17.3 Å². The van der Waals surface area contributed by atoms with E-state index in [1.165, 1.54) is 6.20 Å². The molecule has 0 spiro atoms. The van der Waals surface area contributed by atoms with Gasteiger partial charge in [0.2, 0.25) is 5.95 Å². The highest BCUT2D eigenvalue weighted by Gasteiger charge is 2.12. The Hall–Kier alpha value is -3.12. The zero-order chi connectivity index (χ0) is 18.5. The van der Waals surface area contributed by atoms with Gasteiger partial charge in [0, 0.05) is 16.9 Å². The molecule has 0 saturated carbocycles. The number of hydrogen-bond acceptors (Lipinski definition) is 5. The number of anilines is 3. The van der Waals surface area contributed by atoms with Gasteiger partial charge < -0.3 is 15.4 Å². The topological polar surface area (TPSA) is 76.1 Å². The Kier molecular flexibility index (Phi) is 5.34. The number of aryl methyl sites for hydroxylation is 1. The Morgan fingerprint density at radius 3 is 2.69 bits per heavy atom. The highest BCUT2D eigenvalue weighted by molar-refractivity contribution is 6.31. The first-order valence-electron chi connectivity index (χ1n) is 7.87. The third-order valence-electron chi connectivity index (χ3n) is 3.69. The van der Waals surface area contributed by atoms with Crippen LogP contribution in [0.2, 0.25) is 5.02 Å². The number of aromatic nitrogens is 2. The first kappa shape index (κ1) is 17.7. The molecule has 2 aromatic carbocycles. The summed E-state index contributed by atoms with van der Waals surface area (Å²) >= 11 is 6.03. The molecule has 1 heterocycles. The zero-order valence-corrected chi connectivity index (χ0v) is 15.0. The first-order chi connectivity index (χ1) is 12.6. The van der Waals surface area contributed by atoms with Crippen molar-refractivity contribution in [3.8, 4) is 5.75 Å². The fourth-order valence-electron chi connectivity index (χ4n) is 2.34. The van der Waals surface area contributed by atoms with Gasteiger partial charge in [-0.3, -0.25) is 4.79 Å². The van der Waals surface area contributed by atoms with Crippen LogP contribution in [0.25, 0.3) is 0 Å². The minimum atomic E-state index is -0.317. The molecule has 3 rings (SSSR count). The largest absolute Gasteiger partial charge is 0.495 e. The van der Waals surface area contributed by atoms with Crippen LogP contribution in [0.1, 0.15) is 16.1 Å². The maximum atomic E-state index is 12.5. The van der Waals surface area contributed by atoms with Crippen molar-refractivity contribution in [1.82, 2.24) is 9.97 Å². The highest BCUT2D eigenvalue weighted by atomic mass is 35.5. The number of amides is 1. The Morgan fingerprint density at radius 2 is 1.92 bits per heavy atom. The van der Waals surface area contributed by atoms with Gasteiger partial charge in [0.15, 0.2) is 0 Å². The molecule has 26 heavy (non-hydrogen) atoms. The lowest BCUT2D eigenvalue weighted by Gasteiger charge is -2.11. The monoisotopic (exact) mass is 368 g/mol. The van der Waals surface area contributed by atoms with Crippen molar-refractivity contribution in [2.75, 3.05) is 17.7 Å². The van der Waals surface area contributed by atoms with Gasteiger partial charge in [-0.1, -0.05) is 29.8 Å². The molecule has 132 valence electrons. The molecule has 0 fully saturated rings. The molecule has 7 heteroatoms. The molecule has 0 atom stereocenters. The van der Waals surface area contributed by atoms with E-state index < -0.39 is 0 Å². The van der Waals surface area contributed by atoms with Crippen LogP contribution in [0.5, 0.6) is 5.75 Å². The van der Waals surface area contributed by atoms with Gasteiger partial charge in [-0.15, -0.1) is 0 Å². The van der Waals surface area contributed by atoms with Crippen LogP contribution in [0, 0.1) is 6.92 Å². The molecule has 0 unspecified atom stereocenters. The summed E-state index contributed by atoms with van der Waals surface area (Å²) in [6.45, 7) is 1.92. The lowest BCUT2D eigenvalue weighted by molar-refractivity contribution is 0.102. The van der Waals surface area contributed by atoms with Crippen LogP contribution in [-0.4, -0.2) is 23.0 Å². The number of para-hydroxylation sites is 1. The number of rotatable bonds is 5. The van der Waals surface area contributed by atoms with Crippen molar-refractivity contribution >= 4 is 34.8 Å². The van der Waals surface area contributed by atoms with Gasteiger partial charge in [-0.05, 0) is 42.8 Å². The van der Waals surface area contributed by atoms with E-state index >= 15 is 0 Å². The molecule has 0 bridgehead atoms. The summed E-state index contributed by atoms with van der Waals surface area (Å²) in [6.07, 6.45) is 1.51. The SMILES string of the molecule is COc1ccc(Cl)cc1Nc1nccc(C(=O)Nc2ccccc2C)n1. The van der Waals surface area contributed by atoms with E-state index in [1.807, 2.05) is 31.2 Å². The molecule has 1 amide bonds. The second-order valence-electron chi connectivity index (χ2n) is 5.50. The van der Waals surface area contributed by atoms with Crippen LogP contribution in [-0.2, 0) is 0 Å². The van der Waals surface area contributed by atoms with Crippen LogP contribution in [0.3, 0.4) is 0 Å². The number of methoxy groups -OCH3 is 1. The number of benzene rings is 2. The third-order valence-corrected chi connectivity index (χ3v) is 3.92. The minimum Gasteiger partial charge on any atom is -0.495 e. The summed E-state index contributed by atoms with van der Waals surface area (Å²) < 4.78 is 5.29. The molecular weight excluding hydrogens is 352 g/mol. The smallest absolute Gasteiger partial charge is 0.274 e. The summed E-state index contributed by atoms with van der Waals surface area (Å²) in [4.78, 5) is 20.9. The van der Waals surface area contributed by atoms with Gasteiger partial charge in [0.25, 0.3) is 5.91 Å². The quantitative estimate of drug-likeness (QED) is 0.696. The number of carbonyl (C=O) groups excluding carboxylic acids is 1. The summed E-state index contributed by atoms with van der Waals surface area (Å²) in [6, 6.07) is 14.2. The Bertz CT molecular complexity index is 946. The normalized spacial score (nSPS) is 10.3. The maximum absolute atomic E-state index is 12.5. The second kappa shape index (κ2) is 7.84. The van der Waals surface area contributed by atoms with Gasteiger partial charge in [0.05, 0.1) is 12.8 Å². The highest BCUT2D eigenvalue weighted by Crippen LogP contribution is 2.29. The number of nitrogens with zero attached hydrogens (tertiary/aromatic N) is 2. The maximum Gasteiger partial charge on any atom is 0.274 e. The Morgan fingerprint density at radius 1 is 1.12 bits per heavy atom. The van der Waals surface area contributed by atoms with E-state index in [4.69, 9.17) is 16.3 Å². The van der Waals surface area contributed by atoms with E-state index in [0.717, 1.165) is 11.3 Å². The number of ether oxygens (including phenoxy) is 1. The predicted octanol–water partition coefficient (Wildman–Crippen LogP) is 4.44. The summed E-state index contributed by atoms with van der Waals surface area (Å²) in [5.41, 5.74) is 2.56. The number of nitrogens with one attached hydrogen (secondary N) is 2. The Labute approximate surface area is 156 Å². The van der Waals surface area contributed by atoms with Crippen LogP contribution in [0.15, 0.2) is 54.7 Å². The molecular formula is C19H17ClN4O2. The third kappa shape index (κ3) is 4.10. The van der Waals surface area contributed by atoms with Gasteiger partial charge in [0.1, 0.15) is 11.4 Å². The van der Waals surface area contributed by atoms with E-state index in [0.29, 0.717) is 16.5 Å². The number of halogens is 1. The van der Waals surface area contributed by atoms with Gasteiger partial charge in [-0.25, -0.2) is 9.97 Å². The van der Waals surface area contributed by atoms with Crippen molar-refractivity contribution in [3.05, 3.63) is 71.0 Å². The number of carbonyl (C=O) groups is 1. The molecule has 0 aliphatic carbocycles. The fraction of sp³-hybridized carbons (Fsp3) is 0.105. The lowest BCUT2D eigenvalue weighted by atomic mass is 10.2. The molecule has 3 aromatic rings. The fourth-order valence-corrected chi connectivity index (χ4v) is 2.52.